The summed E-state index contributed by atoms with van der Waals surface area (Å²) in [6.45, 7) is 14.0. The van der Waals surface area contributed by atoms with E-state index in [1.54, 1.807) is 0 Å². The van der Waals surface area contributed by atoms with Crippen LogP contribution in [-0.4, -0.2) is 0 Å². The lowest BCUT2D eigenvalue weighted by atomic mass is 9.71. The molecule has 12 rings (SSSR count). The third-order valence-corrected chi connectivity index (χ3v) is 16.4. The van der Waals surface area contributed by atoms with Crippen molar-refractivity contribution in [3.05, 3.63) is 143 Å². The van der Waals surface area contributed by atoms with Gasteiger partial charge >= 0.3 is 0 Å². The highest BCUT2D eigenvalue weighted by molar-refractivity contribution is 7.87. The van der Waals surface area contributed by atoms with Gasteiger partial charge in [-0.2, -0.15) is 0 Å². The number of anilines is 9. The Labute approximate surface area is 293 Å². The first-order chi connectivity index (χ1) is 24.0. The number of para-hydroxylation sites is 3. The molecule has 5 heteroatoms. The highest BCUT2D eigenvalue weighted by Gasteiger charge is 2.60. The van der Waals surface area contributed by atoms with Crippen molar-refractivity contribution < 1.29 is 4.57 Å². The molecule has 242 valence electrons. The predicted octanol–water partition coefficient (Wildman–Crippen LogP) is 10.6. The van der Waals surface area contributed by atoms with Crippen LogP contribution in [0.5, 0.6) is 0 Å². The van der Waals surface area contributed by atoms with Crippen LogP contribution in [-0.2, 0) is 20.8 Å². The Bertz CT molecular complexity index is 2410. The van der Waals surface area contributed by atoms with Gasteiger partial charge in [-0.25, -0.2) is 0 Å². The van der Waals surface area contributed by atoms with E-state index in [1.165, 1.54) is 50.4 Å². The van der Waals surface area contributed by atoms with Gasteiger partial charge in [-0.05, 0) is 69.8 Å². The number of rotatable bonds is 0. The van der Waals surface area contributed by atoms with E-state index < -0.39 is 7.14 Å². The molecule has 0 bridgehead atoms. The van der Waals surface area contributed by atoms with Crippen molar-refractivity contribution in [3.63, 3.8) is 0 Å². The van der Waals surface area contributed by atoms with Crippen molar-refractivity contribution in [2.45, 2.75) is 57.8 Å². The summed E-state index contributed by atoms with van der Waals surface area (Å²) < 4.78 is 17.4. The zero-order valence-corrected chi connectivity index (χ0v) is 30.0. The first kappa shape index (κ1) is 27.7. The van der Waals surface area contributed by atoms with Gasteiger partial charge in [0.1, 0.15) is 0 Å². The van der Waals surface area contributed by atoms with Gasteiger partial charge in [-0.3, -0.25) is 0 Å². The van der Waals surface area contributed by atoms with E-state index in [0.29, 0.717) is 0 Å². The Balaban J connectivity index is 1.35. The lowest BCUT2D eigenvalue weighted by molar-refractivity contribution is 0.590. The smallest absolute Gasteiger partial charge is 0.183 e. The van der Waals surface area contributed by atoms with E-state index in [9.17, 15) is 0 Å². The summed E-state index contributed by atoms with van der Waals surface area (Å²) in [7, 11) is -3.44. The van der Waals surface area contributed by atoms with Gasteiger partial charge in [-0.1, -0.05) is 114 Å². The lowest BCUT2D eigenvalue weighted by Gasteiger charge is -2.56. The van der Waals surface area contributed by atoms with E-state index in [-0.39, 0.29) is 16.2 Å². The van der Waals surface area contributed by atoms with Crippen LogP contribution in [0.25, 0.3) is 0 Å². The molecule has 6 aliphatic rings. The summed E-state index contributed by atoms with van der Waals surface area (Å²) in [4.78, 5) is 7.43. The molecular weight excluding hydrogens is 629 g/mol. The maximum Gasteiger partial charge on any atom is 0.183 e. The molecule has 0 atom stereocenters. The molecule has 6 aromatic rings. The normalized spacial score (nSPS) is 19.6. The fourth-order valence-corrected chi connectivity index (χ4v) is 14.6. The van der Waals surface area contributed by atoms with E-state index >= 15 is 4.57 Å². The Hall–Kier alpha value is -5.05. The molecule has 0 saturated carbocycles. The molecular formula is C45H36N3OP. The summed E-state index contributed by atoms with van der Waals surface area (Å²) >= 11 is 0. The van der Waals surface area contributed by atoms with Crippen LogP contribution in [0.1, 0.15) is 74.9 Å². The summed E-state index contributed by atoms with van der Waals surface area (Å²) in [6, 6.07) is 40.5. The third-order valence-electron chi connectivity index (χ3n) is 13.2. The van der Waals surface area contributed by atoms with E-state index in [4.69, 9.17) is 0 Å². The fourth-order valence-electron chi connectivity index (χ4n) is 10.8. The van der Waals surface area contributed by atoms with E-state index in [2.05, 4.69) is 165 Å². The first-order valence-electron chi connectivity index (χ1n) is 17.8. The topological polar surface area (TPSA) is 26.8 Å². The Morgan fingerprint density at radius 1 is 0.360 bits per heavy atom. The molecule has 0 saturated heterocycles. The molecule has 0 fully saturated rings. The van der Waals surface area contributed by atoms with Crippen LogP contribution in [0, 0.1) is 0 Å². The average Bonchev–Trinajstić information content (AvgIpc) is 3.11. The molecule has 6 aromatic carbocycles. The maximum absolute atomic E-state index is 17.4. The maximum atomic E-state index is 17.4. The van der Waals surface area contributed by atoms with Crippen molar-refractivity contribution >= 4 is 74.2 Å². The van der Waals surface area contributed by atoms with Gasteiger partial charge in [0, 0.05) is 16.2 Å². The van der Waals surface area contributed by atoms with Crippen LogP contribution in [0.4, 0.5) is 51.2 Å². The molecule has 0 N–H and O–H groups in total. The van der Waals surface area contributed by atoms with Crippen molar-refractivity contribution in [2.75, 3.05) is 14.7 Å². The van der Waals surface area contributed by atoms with Gasteiger partial charge in [0.05, 0.1) is 67.1 Å². The van der Waals surface area contributed by atoms with Crippen molar-refractivity contribution in [2.24, 2.45) is 0 Å². The molecule has 50 heavy (non-hydrogen) atoms. The summed E-state index contributed by atoms with van der Waals surface area (Å²) in [5.41, 5.74) is 16.7. The van der Waals surface area contributed by atoms with Crippen LogP contribution in [0.2, 0.25) is 0 Å². The molecule has 0 radical (unpaired) electrons. The minimum absolute atomic E-state index is 0.280. The van der Waals surface area contributed by atoms with Crippen LogP contribution in [0.3, 0.4) is 0 Å². The minimum atomic E-state index is -3.44. The molecule has 0 aliphatic carbocycles. The van der Waals surface area contributed by atoms with Gasteiger partial charge in [0.2, 0.25) is 0 Å². The zero-order chi connectivity index (χ0) is 33.9. The van der Waals surface area contributed by atoms with Gasteiger partial charge < -0.3 is 19.3 Å². The SMILES string of the molecule is CC1(C)c2ccccc2N2c3ccc4c5c3P3(=O)c6c(ccc1c62)N1c2ccccc2C(C)(C)c2ccc(c3c21)N5c1ccccc1C4(C)C. The second kappa shape index (κ2) is 8.12. The molecule has 6 aliphatic heterocycles. The van der Waals surface area contributed by atoms with Crippen molar-refractivity contribution in [3.8, 4) is 0 Å². The Morgan fingerprint density at radius 2 is 0.640 bits per heavy atom. The zero-order valence-electron chi connectivity index (χ0n) is 29.1. The number of hydrogen-bond donors (Lipinski definition) is 0. The first-order valence-corrected chi connectivity index (χ1v) is 19.5. The van der Waals surface area contributed by atoms with Crippen molar-refractivity contribution in [1.29, 1.82) is 0 Å². The highest BCUT2D eigenvalue weighted by atomic mass is 31.2. The molecule has 4 nitrogen and oxygen atoms in total. The predicted molar refractivity (Wildman–Crippen MR) is 207 cm³/mol. The second-order valence-electron chi connectivity index (χ2n) is 16.5. The minimum Gasteiger partial charge on any atom is -0.308 e. The largest absolute Gasteiger partial charge is 0.308 e. The standard InChI is InChI=1S/C45H36N3OP/c1-43(2)25-13-7-10-16-31(25)46-35-23-20-29-38-41(35)50(49)40-34(22-19-28(43)37(40)46)47-32-17-11-8-14-26(32)44(3,4)30-21-24-36(42(50)39(30)47)48(38)33-18-12-9-15-27(33)45(29,5)6/h7-24H,1-6H3. The Kier molecular flexibility index (Phi) is 4.50. The van der Waals surface area contributed by atoms with Gasteiger partial charge in [0.25, 0.3) is 0 Å². The number of nitrogens with zero attached hydrogens (tertiary/aromatic N) is 3. The Morgan fingerprint density at radius 3 is 0.940 bits per heavy atom. The average molecular weight is 666 g/mol. The molecule has 0 unspecified atom stereocenters. The molecule has 6 heterocycles. The van der Waals surface area contributed by atoms with Crippen LogP contribution >= 0.6 is 7.14 Å². The van der Waals surface area contributed by atoms with E-state index in [0.717, 1.165) is 50.0 Å². The highest BCUT2D eigenvalue weighted by Crippen LogP contribution is 2.72. The van der Waals surface area contributed by atoms with E-state index in [1.807, 2.05) is 0 Å². The second-order valence-corrected chi connectivity index (χ2v) is 19.1. The van der Waals surface area contributed by atoms with Crippen LogP contribution in [0.15, 0.2) is 109 Å². The summed E-state index contributed by atoms with van der Waals surface area (Å²) in [5.74, 6) is 0. The number of hydrogen-bond acceptors (Lipinski definition) is 4. The molecule has 0 spiro atoms. The fraction of sp³-hybridized carbons (Fsp3) is 0.200. The summed E-state index contributed by atoms with van der Waals surface area (Å²) in [6.07, 6.45) is 0. The molecule has 0 aromatic heterocycles. The number of benzene rings is 6. The number of fused-ring (bicyclic) bond motifs is 9. The van der Waals surface area contributed by atoms with Gasteiger partial charge in [0.15, 0.2) is 7.14 Å². The van der Waals surface area contributed by atoms with Crippen LogP contribution < -0.4 is 30.6 Å². The third kappa shape index (κ3) is 2.65. The molecule has 0 amide bonds. The lowest BCUT2D eigenvalue weighted by Crippen LogP contribution is -2.52. The quantitative estimate of drug-likeness (QED) is 0.151. The van der Waals surface area contributed by atoms with Crippen molar-refractivity contribution in [1.82, 2.24) is 0 Å². The monoisotopic (exact) mass is 665 g/mol. The summed E-state index contributed by atoms with van der Waals surface area (Å²) in [5, 5.41) is 2.99. The van der Waals surface area contributed by atoms with Gasteiger partial charge in [-0.15, -0.1) is 0 Å².